The Morgan fingerprint density at radius 2 is 1.83 bits per heavy atom. The number of rotatable bonds is 1. The molecule has 0 radical (unpaired) electrons. The fraction of sp³-hybridized carbons (Fsp3) is 0.632. The SMILES string of the molecule is Cc1[nH]c2ncnc(N3CC(C)N(C(=O)OC(C)(C)C)CC3C)c2c1C(F)(F)F. The Morgan fingerprint density at radius 1 is 1.17 bits per heavy atom. The molecular weight excluding hydrogens is 387 g/mol. The molecule has 0 aromatic carbocycles. The summed E-state index contributed by atoms with van der Waals surface area (Å²) in [7, 11) is 0. The van der Waals surface area contributed by atoms with E-state index in [0.717, 1.165) is 0 Å². The molecule has 2 atom stereocenters. The topological polar surface area (TPSA) is 74.4 Å². The maximum Gasteiger partial charge on any atom is 0.418 e. The highest BCUT2D eigenvalue weighted by Gasteiger charge is 2.40. The van der Waals surface area contributed by atoms with E-state index in [1.54, 1.807) is 30.6 Å². The lowest BCUT2D eigenvalue weighted by Crippen LogP contribution is -2.59. The third-order valence-electron chi connectivity index (χ3n) is 4.93. The molecular formula is C19H26F3N5O2. The Balaban J connectivity index is 1.97. The fourth-order valence-electron chi connectivity index (χ4n) is 3.70. The van der Waals surface area contributed by atoms with Gasteiger partial charge in [-0.15, -0.1) is 0 Å². The van der Waals surface area contributed by atoms with Crippen LogP contribution in [0.4, 0.5) is 23.8 Å². The van der Waals surface area contributed by atoms with Crippen molar-refractivity contribution in [2.45, 2.75) is 65.4 Å². The van der Waals surface area contributed by atoms with Crippen LogP contribution in [0.2, 0.25) is 0 Å². The van der Waals surface area contributed by atoms with Crippen molar-refractivity contribution < 1.29 is 22.7 Å². The van der Waals surface area contributed by atoms with Gasteiger partial charge in [0.05, 0.1) is 10.9 Å². The van der Waals surface area contributed by atoms with E-state index in [0.29, 0.717) is 13.1 Å². The molecule has 1 aliphatic heterocycles. The second-order valence-electron chi connectivity index (χ2n) is 8.53. The molecule has 2 aromatic heterocycles. The van der Waals surface area contributed by atoms with Crippen molar-refractivity contribution in [2.24, 2.45) is 0 Å². The number of aromatic amines is 1. The molecule has 0 spiro atoms. The third kappa shape index (κ3) is 4.11. The van der Waals surface area contributed by atoms with Gasteiger partial charge in [0, 0.05) is 30.9 Å². The standard InChI is InChI=1S/C19H26F3N5O2/c1-10-8-27(17(28)29-18(4,5)6)11(2)7-26(10)16-13-14(19(20,21)22)12(3)25-15(13)23-9-24-16/h9-11H,7-8H2,1-6H3,(H,23,24,25). The highest BCUT2D eigenvalue weighted by atomic mass is 19.4. The molecule has 2 aromatic rings. The Labute approximate surface area is 167 Å². The number of nitrogens with zero attached hydrogens (tertiary/aromatic N) is 4. The lowest BCUT2D eigenvalue weighted by molar-refractivity contribution is -0.136. The number of hydrogen-bond acceptors (Lipinski definition) is 5. The van der Waals surface area contributed by atoms with Crippen molar-refractivity contribution in [3.05, 3.63) is 17.6 Å². The zero-order valence-corrected chi connectivity index (χ0v) is 17.4. The second kappa shape index (κ2) is 7.07. The van der Waals surface area contributed by atoms with E-state index >= 15 is 0 Å². The molecule has 3 rings (SSSR count). The molecule has 1 amide bonds. The zero-order chi connectivity index (χ0) is 21.7. The number of piperazine rings is 1. The summed E-state index contributed by atoms with van der Waals surface area (Å²) in [5, 5.41) is -0.0396. The summed E-state index contributed by atoms with van der Waals surface area (Å²) in [4.78, 5) is 26.8. The summed E-state index contributed by atoms with van der Waals surface area (Å²) >= 11 is 0. The van der Waals surface area contributed by atoms with Gasteiger partial charge in [0.25, 0.3) is 0 Å². The van der Waals surface area contributed by atoms with Gasteiger partial charge in [-0.1, -0.05) is 0 Å². The third-order valence-corrected chi connectivity index (χ3v) is 4.93. The van der Waals surface area contributed by atoms with Crippen LogP contribution in [0.5, 0.6) is 0 Å². The second-order valence-corrected chi connectivity index (χ2v) is 8.53. The Morgan fingerprint density at radius 3 is 2.41 bits per heavy atom. The van der Waals surface area contributed by atoms with Gasteiger partial charge in [-0.05, 0) is 41.5 Å². The summed E-state index contributed by atoms with van der Waals surface area (Å²) in [6.45, 7) is 11.1. The minimum absolute atomic E-state index is 0.00217. The minimum atomic E-state index is -4.53. The average molecular weight is 413 g/mol. The van der Waals surface area contributed by atoms with E-state index in [-0.39, 0.29) is 34.6 Å². The monoisotopic (exact) mass is 413 g/mol. The fourth-order valence-corrected chi connectivity index (χ4v) is 3.70. The molecule has 7 nitrogen and oxygen atoms in total. The van der Waals surface area contributed by atoms with Gasteiger partial charge in [-0.2, -0.15) is 13.2 Å². The summed E-state index contributed by atoms with van der Waals surface area (Å²) in [6, 6.07) is -0.520. The van der Waals surface area contributed by atoms with E-state index in [4.69, 9.17) is 4.74 Å². The molecule has 3 heterocycles. The molecule has 160 valence electrons. The number of nitrogens with one attached hydrogen (secondary N) is 1. The smallest absolute Gasteiger partial charge is 0.418 e. The Hall–Kier alpha value is -2.52. The van der Waals surface area contributed by atoms with Crippen molar-refractivity contribution in [3.63, 3.8) is 0 Å². The number of H-pyrrole nitrogens is 1. The van der Waals surface area contributed by atoms with Crippen molar-refractivity contribution >= 4 is 22.9 Å². The summed E-state index contributed by atoms with van der Waals surface area (Å²) in [5.41, 5.74) is -1.23. The maximum atomic E-state index is 13.7. The predicted octanol–water partition coefficient (Wildman–Crippen LogP) is 4.12. The number of amides is 1. The number of carbonyl (C=O) groups excluding carboxylic acids is 1. The average Bonchev–Trinajstić information content (AvgIpc) is 2.90. The van der Waals surface area contributed by atoms with Crippen molar-refractivity contribution in [1.82, 2.24) is 19.9 Å². The van der Waals surface area contributed by atoms with Gasteiger partial charge < -0.3 is 19.5 Å². The van der Waals surface area contributed by atoms with Gasteiger partial charge in [0.15, 0.2) is 0 Å². The van der Waals surface area contributed by atoms with Gasteiger partial charge in [0.2, 0.25) is 0 Å². The zero-order valence-electron chi connectivity index (χ0n) is 17.4. The number of carbonyl (C=O) groups is 1. The minimum Gasteiger partial charge on any atom is -0.444 e. The number of halogens is 3. The van der Waals surface area contributed by atoms with Crippen LogP contribution in [-0.2, 0) is 10.9 Å². The van der Waals surface area contributed by atoms with Gasteiger partial charge in [0.1, 0.15) is 23.4 Å². The molecule has 1 N–H and O–H groups in total. The van der Waals surface area contributed by atoms with Crippen molar-refractivity contribution in [1.29, 1.82) is 0 Å². The number of hydrogen-bond donors (Lipinski definition) is 1. The normalized spacial score (nSPS) is 21.0. The van der Waals surface area contributed by atoms with E-state index in [9.17, 15) is 18.0 Å². The molecule has 0 saturated carbocycles. The molecule has 29 heavy (non-hydrogen) atoms. The molecule has 1 aliphatic rings. The summed E-state index contributed by atoms with van der Waals surface area (Å²) in [6.07, 6.45) is -3.71. The molecule has 1 saturated heterocycles. The molecule has 0 aliphatic carbocycles. The molecule has 0 bridgehead atoms. The molecule has 2 unspecified atom stereocenters. The van der Waals surface area contributed by atoms with Crippen molar-refractivity contribution in [3.8, 4) is 0 Å². The number of anilines is 1. The van der Waals surface area contributed by atoms with Crippen LogP contribution in [0.25, 0.3) is 11.0 Å². The quantitative estimate of drug-likeness (QED) is 0.761. The van der Waals surface area contributed by atoms with Crippen LogP contribution in [-0.4, -0.2) is 56.7 Å². The maximum absolute atomic E-state index is 13.7. The van der Waals surface area contributed by atoms with Crippen LogP contribution in [0, 0.1) is 6.92 Å². The summed E-state index contributed by atoms with van der Waals surface area (Å²) in [5.74, 6) is 0.217. The molecule has 10 heteroatoms. The van der Waals surface area contributed by atoms with Gasteiger partial charge in [-0.25, -0.2) is 14.8 Å². The van der Waals surface area contributed by atoms with Crippen LogP contribution >= 0.6 is 0 Å². The highest BCUT2D eigenvalue weighted by molar-refractivity contribution is 5.92. The van der Waals surface area contributed by atoms with E-state index < -0.39 is 23.4 Å². The van der Waals surface area contributed by atoms with E-state index in [1.807, 2.05) is 13.8 Å². The number of aromatic nitrogens is 3. The number of ether oxygens (including phenoxy) is 1. The van der Waals surface area contributed by atoms with Crippen LogP contribution in [0.3, 0.4) is 0 Å². The Kier molecular flexibility index (Phi) is 5.17. The lowest BCUT2D eigenvalue weighted by Gasteiger charge is -2.44. The molecule has 1 fully saturated rings. The van der Waals surface area contributed by atoms with Crippen LogP contribution < -0.4 is 4.90 Å². The first kappa shape index (κ1) is 21.2. The van der Waals surface area contributed by atoms with Crippen molar-refractivity contribution in [2.75, 3.05) is 18.0 Å². The van der Waals surface area contributed by atoms with Gasteiger partial charge >= 0.3 is 12.3 Å². The summed E-state index contributed by atoms with van der Waals surface area (Å²) < 4.78 is 46.5. The number of alkyl halides is 3. The van der Waals surface area contributed by atoms with Crippen LogP contribution in [0.1, 0.15) is 45.9 Å². The van der Waals surface area contributed by atoms with E-state index in [2.05, 4.69) is 15.0 Å². The first-order chi connectivity index (χ1) is 13.3. The first-order valence-electron chi connectivity index (χ1n) is 9.46. The predicted molar refractivity (Wildman–Crippen MR) is 103 cm³/mol. The number of fused-ring (bicyclic) bond motifs is 1. The Bertz CT molecular complexity index is 919. The van der Waals surface area contributed by atoms with Crippen LogP contribution in [0.15, 0.2) is 6.33 Å². The highest BCUT2D eigenvalue weighted by Crippen LogP contribution is 2.41. The van der Waals surface area contributed by atoms with Gasteiger partial charge in [-0.3, -0.25) is 0 Å². The number of aryl methyl sites for hydroxylation is 1. The first-order valence-corrected chi connectivity index (χ1v) is 9.46. The lowest BCUT2D eigenvalue weighted by atomic mass is 10.1. The van der Waals surface area contributed by atoms with E-state index in [1.165, 1.54) is 13.3 Å². The largest absolute Gasteiger partial charge is 0.444 e.